The number of para-hydroxylation sites is 2. The van der Waals surface area contributed by atoms with E-state index in [9.17, 15) is 10.1 Å². The maximum atomic E-state index is 13.0. The van der Waals surface area contributed by atoms with Crippen LogP contribution in [0.15, 0.2) is 100 Å². The molecule has 5 heteroatoms. The minimum atomic E-state index is -0.472. The fourth-order valence-corrected chi connectivity index (χ4v) is 4.46. The highest BCUT2D eigenvalue weighted by molar-refractivity contribution is 5.98. The van der Waals surface area contributed by atoms with Gasteiger partial charge in [-0.2, -0.15) is 5.26 Å². The number of rotatable bonds is 3. The van der Waals surface area contributed by atoms with E-state index < -0.39 is 5.63 Å². The van der Waals surface area contributed by atoms with Crippen molar-refractivity contribution < 1.29 is 4.42 Å². The van der Waals surface area contributed by atoms with E-state index in [-0.39, 0.29) is 0 Å². The third-order valence-electron chi connectivity index (χ3n) is 6.26. The normalized spacial score (nSPS) is 11.1. The van der Waals surface area contributed by atoms with Gasteiger partial charge < -0.3 is 9.40 Å². The Kier molecular flexibility index (Phi) is 4.79. The van der Waals surface area contributed by atoms with Gasteiger partial charge in [-0.05, 0) is 36.8 Å². The van der Waals surface area contributed by atoms with Gasteiger partial charge in [0.05, 0.1) is 22.5 Å². The zero-order valence-corrected chi connectivity index (χ0v) is 18.9. The van der Waals surface area contributed by atoms with Crippen molar-refractivity contribution in [2.75, 3.05) is 0 Å². The van der Waals surface area contributed by atoms with E-state index in [0.29, 0.717) is 33.7 Å². The van der Waals surface area contributed by atoms with Crippen molar-refractivity contribution in [3.05, 3.63) is 113 Å². The Morgan fingerprint density at radius 2 is 1.66 bits per heavy atom. The molecule has 0 amide bonds. The molecule has 0 radical (unpaired) electrons. The average Bonchev–Trinajstić information content (AvgIpc) is 3.32. The van der Waals surface area contributed by atoms with E-state index in [2.05, 4.69) is 11.1 Å². The SMILES string of the molecule is Cc1ccc(-c2cc(-c3cc4ccccc4oc3=O)nc(-c3c[nH]c4ccccc34)c2C#N)cc1. The van der Waals surface area contributed by atoms with Crippen molar-refractivity contribution in [3.63, 3.8) is 0 Å². The topological polar surface area (TPSA) is 82.7 Å². The van der Waals surface area contributed by atoms with Crippen LogP contribution >= 0.6 is 0 Å². The van der Waals surface area contributed by atoms with E-state index in [1.165, 1.54) is 0 Å². The van der Waals surface area contributed by atoms with Crippen LogP contribution < -0.4 is 5.63 Å². The number of nitriles is 1. The number of pyridine rings is 1. The molecule has 3 aromatic carbocycles. The first-order valence-electron chi connectivity index (χ1n) is 11.2. The molecule has 0 spiro atoms. The monoisotopic (exact) mass is 453 g/mol. The summed E-state index contributed by atoms with van der Waals surface area (Å²) in [5.41, 5.74) is 6.28. The summed E-state index contributed by atoms with van der Waals surface area (Å²) in [6.45, 7) is 2.02. The van der Waals surface area contributed by atoms with E-state index in [1.54, 1.807) is 12.1 Å². The number of aryl methyl sites for hydroxylation is 1. The van der Waals surface area contributed by atoms with Gasteiger partial charge in [0.2, 0.25) is 0 Å². The lowest BCUT2D eigenvalue weighted by Gasteiger charge is -2.13. The molecule has 0 fully saturated rings. The minimum absolute atomic E-state index is 0.350. The lowest BCUT2D eigenvalue weighted by atomic mass is 9.94. The van der Waals surface area contributed by atoms with Gasteiger partial charge in [-0.3, -0.25) is 0 Å². The van der Waals surface area contributed by atoms with E-state index >= 15 is 0 Å². The molecule has 0 saturated carbocycles. The van der Waals surface area contributed by atoms with Crippen molar-refractivity contribution >= 4 is 21.9 Å². The second-order valence-corrected chi connectivity index (χ2v) is 8.49. The molecular formula is C30H19N3O2. The second-order valence-electron chi connectivity index (χ2n) is 8.49. The first kappa shape index (κ1) is 20.6. The number of H-pyrrole nitrogens is 1. The van der Waals surface area contributed by atoms with Crippen LogP contribution in [0.5, 0.6) is 0 Å². The van der Waals surface area contributed by atoms with Gasteiger partial charge in [0.25, 0.3) is 0 Å². The molecule has 0 saturated heterocycles. The van der Waals surface area contributed by atoms with Crippen LogP contribution in [0.1, 0.15) is 11.1 Å². The molecule has 0 atom stereocenters. The van der Waals surface area contributed by atoms with Gasteiger partial charge in [0, 0.05) is 33.6 Å². The summed E-state index contributed by atoms with van der Waals surface area (Å²) in [5.74, 6) is 0. The summed E-state index contributed by atoms with van der Waals surface area (Å²) in [6.07, 6.45) is 1.86. The van der Waals surface area contributed by atoms with Gasteiger partial charge in [-0.1, -0.05) is 66.2 Å². The summed E-state index contributed by atoms with van der Waals surface area (Å²) < 4.78 is 5.60. The highest BCUT2D eigenvalue weighted by Crippen LogP contribution is 2.37. The minimum Gasteiger partial charge on any atom is -0.422 e. The Morgan fingerprint density at radius 3 is 2.49 bits per heavy atom. The highest BCUT2D eigenvalue weighted by Gasteiger charge is 2.20. The molecule has 1 N–H and O–H groups in total. The Balaban J connectivity index is 1.69. The lowest BCUT2D eigenvalue weighted by Crippen LogP contribution is -2.06. The zero-order valence-electron chi connectivity index (χ0n) is 18.9. The Hall–Kier alpha value is -4.95. The van der Waals surface area contributed by atoms with Crippen molar-refractivity contribution in [1.29, 1.82) is 5.26 Å². The summed E-state index contributed by atoms with van der Waals surface area (Å²) in [4.78, 5) is 21.2. The number of aromatic amines is 1. The molecule has 0 unspecified atom stereocenters. The largest absolute Gasteiger partial charge is 0.422 e. The fourth-order valence-electron chi connectivity index (χ4n) is 4.46. The first-order chi connectivity index (χ1) is 17.1. The molecule has 3 heterocycles. The molecule has 5 nitrogen and oxygen atoms in total. The predicted molar refractivity (Wildman–Crippen MR) is 138 cm³/mol. The quantitative estimate of drug-likeness (QED) is 0.297. The third kappa shape index (κ3) is 3.49. The van der Waals surface area contributed by atoms with Crippen molar-refractivity contribution in [1.82, 2.24) is 9.97 Å². The number of aromatic nitrogens is 2. The predicted octanol–water partition coefficient (Wildman–Crippen LogP) is 6.85. The number of fused-ring (bicyclic) bond motifs is 2. The fraction of sp³-hybridized carbons (Fsp3) is 0.0333. The van der Waals surface area contributed by atoms with Crippen molar-refractivity contribution in [2.45, 2.75) is 6.92 Å². The smallest absolute Gasteiger partial charge is 0.345 e. The lowest BCUT2D eigenvalue weighted by molar-refractivity contribution is 0.563. The van der Waals surface area contributed by atoms with Crippen LogP contribution in [-0.4, -0.2) is 9.97 Å². The number of nitrogens with one attached hydrogen (secondary N) is 1. The average molecular weight is 454 g/mol. The van der Waals surface area contributed by atoms with Crippen LogP contribution in [0.3, 0.4) is 0 Å². The van der Waals surface area contributed by atoms with Gasteiger partial charge in [-0.15, -0.1) is 0 Å². The molecule has 0 bridgehead atoms. The van der Waals surface area contributed by atoms with E-state index in [0.717, 1.165) is 33.0 Å². The molecule has 0 aliphatic carbocycles. The molecule has 3 aromatic heterocycles. The molecule has 6 rings (SSSR count). The maximum Gasteiger partial charge on any atom is 0.345 e. The summed E-state index contributed by atoms with van der Waals surface area (Å²) in [5, 5.41) is 12.0. The molecule has 35 heavy (non-hydrogen) atoms. The zero-order chi connectivity index (χ0) is 23.9. The highest BCUT2D eigenvalue weighted by atomic mass is 16.4. The van der Waals surface area contributed by atoms with E-state index in [1.807, 2.05) is 85.9 Å². The van der Waals surface area contributed by atoms with Crippen LogP contribution in [0.2, 0.25) is 0 Å². The third-order valence-corrected chi connectivity index (χ3v) is 6.26. The van der Waals surface area contributed by atoms with Gasteiger partial charge in [0.1, 0.15) is 11.7 Å². The van der Waals surface area contributed by atoms with E-state index in [4.69, 9.17) is 9.40 Å². The van der Waals surface area contributed by atoms with Crippen LogP contribution in [-0.2, 0) is 0 Å². The van der Waals surface area contributed by atoms with Crippen LogP contribution in [0.25, 0.3) is 55.5 Å². The summed E-state index contributed by atoms with van der Waals surface area (Å²) >= 11 is 0. The summed E-state index contributed by atoms with van der Waals surface area (Å²) in [7, 11) is 0. The number of benzene rings is 3. The maximum absolute atomic E-state index is 13.0. The van der Waals surface area contributed by atoms with Crippen LogP contribution in [0.4, 0.5) is 0 Å². The van der Waals surface area contributed by atoms with Crippen molar-refractivity contribution in [2.24, 2.45) is 0 Å². The van der Waals surface area contributed by atoms with Crippen molar-refractivity contribution in [3.8, 4) is 39.7 Å². The van der Waals surface area contributed by atoms with Gasteiger partial charge >= 0.3 is 5.63 Å². The standard InChI is InChI=1S/C30H19N3O2/c1-18-10-12-19(13-11-18)22-15-27(23-14-20-6-2-5-9-28(20)35-30(23)34)33-29(24(22)16-31)25-17-32-26-8-4-3-7-21(25)26/h2-15,17,32H,1H3. The number of nitrogens with zero attached hydrogens (tertiary/aromatic N) is 2. The Bertz CT molecular complexity index is 1840. The molecule has 0 aliphatic heterocycles. The molecule has 6 aromatic rings. The first-order valence-corrected chi connectivity index (χ1v) is 11.2. The molecule has 166 valence electrons. The number of hydrogen-bond acceptors (Lipinski definition) is 4. The number of hydrogen-bond donors (Lipinski definition) is 1. The second kappa shape index (κ2) is 8.12. The summed E-state index contributed by atoms with van der Waals surface area (Å²) in [6, 6.07) is 29.2. The molecule has 0 aliphatic rings. The Morgan fingerprint density at radius 1 is 0.886 bits per heavy atom. The van der Waals surface area contributed by atoms with Crippen LogP contribution in [0, 0.1) is 18.3 Å². The van der Waals surface area contributed by atoms with Gasteiger partial charge in [0.15, 0.2) is 0 Å². The Labute approximate surface area is 200 Å². The van der Waals surface area contributed by atoms with Gasteiger partial charge in [-0.25, -0.2) is 9.78 Å². The molecular weight excluding hydrogens is 434 g/mol.